The van der Waals surface area contributed by atoms with E-state index in [1.165, 1.54) is 6.07 Å². The maximum Gasteiger partial charge on any atom is 0.255 e. The number of hydrogen-bond donors (Lipinski definition) is 2. The van der Waals surface area contributed by atoms with Crippen molar-refractivity contribution < 1.29 is 9.18 Å². The van der Waals surface area contributed by atoms with Crippen molar-refractivity contribution in [1.82, 2.24) is 9.97 Å². The minimum atomic E-state index is -0.505. The van der Waals surface area contributed by atoms with Crippen LogP contribution in [0.5, 0.6) is 0 Å². The molecule has 1 aliphatic rings. The predicted molar refractivity (Wildman–Crippen MR) is 125 cm³/mol. The highest BCUT2D eigenvalue weighted by atomic mass is 19.1. The Hall–Kier alpha value is -3.72. The lowest BCUT2D eigenvalue weighted by Crippen LogP contribution is -2.16. The molecule has 1 fully saturated rings. The second-order valence-electron chi connectivity index (χ2n) is 8.58. The van der Waals surface area contributed by atoms with Crippen LogP contribution in [0.15, 0.2) is 36.5 Å². The number of nitrogens with two attached hydrogens (primary N) is 1. The molecule has 5 nitrogen and oxygen atoms in total. The van der Waals surface area contributed by atoms with E-state index >= 15 is 0 Å². The Balaban J connectivity index is 1.67. The number of carbonyl (C=O) groups excluding carboxylic acids is 1. The van der Waals surface area contributed by atoms with Gasteiger partial charge in [0.2, 0.25) is 0 Å². The summed E-state index contributed by atoms with van der Waals surface area (Å²) in [6, 6.07) is 8.29. The van der Waals surface area contributed by atoms with E-state index in [4.69, 9.17) is 5.73 Å². The minimum Gasteiger partial charge on any atom is -0.396 e. The molecule has 1 saturated carbocycles. The summed E-state index contributed by atoms with van der Waals surface area (Å²) in [5.41, 5.74) is 11.4. The third-order valence-corrected chi connectivity index (χ3v) is 5.87. The third-order valence-electron chi connectivity index (χ3n) is 5.87. The topological polar surface area (TPSA) is 80.9 Å². The molecule has 162 valence electrons. The molecule has 0 unspecified atom stereocenters. The average molecular weight is 429 g/mol. The van der Waals surface area contributed by atoms with Gasteiger partial charge in [0, 0.05) is 34.1 Å². The fraction of sp³-hybridized carbons (Fsp3) is 0.269. The molecule has 4 rings (SSSR count). The first-order valence-electron chi connectivity index (χ1n) is 10.5. The summed E-state index contributed by atoms with van der Waals surface area (Å²) in [5.74, 6) is 4.75. The summed E-state index contributed by atoms with van der Waals surface area (Å²) in [4.78, 5) is 21.9. The second kappa shape index (κ2) is 8.08. The summed E-state index contributed by atoms with van der Waals surface area (Å²) in [6.45, 7) is 7.52. The third kappa shape index (κ3) is 4.19. The Labute approximate surface area is 187 Å². The van der Waals surface area contributed by atoms with E-state index in [1.807, 2.05) is 6.92 Å². The van der Waals surface area contributed by atoms with E-state index < -0.39 is 5.82 Å². The Kier molecular flexibility index (Phi) is 5.43. The van der Waals surface area contributed by atoms with Crippen molar-refractivity contribution in [3.8, 4) is 23.0 Å². The lowest BCUT2D eigenvalue weighted by atomic mass is 9.99. The molecule has 0 saturated heterocycles. The van der Waals surface area contributed by atoms with Gasteiger partial charge in [0.15, 0.2) is 0 Å². The molecule has 6 heteroatoms. The van der Waals surface area contributed by atoms with E-state index in [-0.39, 0.29) is 17.0 Å². The zero-order chi connectivity index (χ0) is 23.0. The molecule has 1 aromatic carbocycles. The SMILES string of the molecule is CC#Cc1ncc(-c2cc(NC(=O)c3cc(C)nc(C4(C)CC4)c3)c(F)cc2C)cc1N. The molecule has 0 radical (unpaired) electrons. The van der Waals surface area contributed by atoms with Crippen LogP contribution in [0.3, 0.4) is 0 Å². The molecule has 3 N–H and O–H groups in total. The fourth-order valence-corrected chi connectivity index (χ4v) is 3.68. The van der Waals surface area contributed by atoms with Crippen molar-refractivity contribution in [2.24, 2.45) is 0 Å². The number of halogens is 1. The van der Waals surface area contributed by atoms with E-state index in [9.17, 15) is 9.18 Å². The monoisotopic (exact) mass is 428 g/mol. The molecule has 0 spiro atoms. The molecule has 2 heterocycles. The van der Waals surface area contributed by atoms with Gasteiger partial charge in [-0.15, -0.1) is 0 Å². The van der Waals surface area contributed by atoms with Crippen molar-refractivity contribution in [1.29, 1.82) is 0 Å². The molecule has 1 aliphatic carbocycles. The van der Waals surface area contributed by atoms with Gasteiger partial charge in [-0.1, -0.05) is 12.8 Å². The number of hydrogen-bond acceptors (Lipinski definition) is 4. The van der Waals surface area contributed by atoms with Gasteiger partial charge < -0.3 is 11.1 Å². The van der Waals surface area contributed by atoms with Crippen LogP contribution in [0.4, 0.5) is 15.8 Å². The van der Waals surface area contributed by atoms with Gasteiger partial charge in [-0.05, 0) is 81.0 Å². The quantitative estimate of drug-likeness (QED) is 0.563. The highest BCUT2D eigenvalue weighted by Crippen LogP contribution is 2.46. The molecule has 0 aliphatic heterocycles. The van der Waals surface area contributed by atoms with Crippen LogP contribution in [0.2, 0.25) is 0 Å². The Morgan fingerprint density at radius 3 is 2.59 bits per heavy atom. The zero-order valence-corrected chi connectivity index (χ0v) is 18.6. The largest absolute Gasteiger partial charge is 0.396 e. The summed E-state index contributed by atoms with van der Waals surface area (Å²) in [7, 11) is 0. The average Bonchev–Trinajstić information content (AvgIpc) is 3.50. The van der Waals surface area contributed by atoms with Crippen LogP contribution in [0.1, 0.15) is 59.7 Å². The van der Waals surface area contributed by atoms with Crippen molar-refractivity contribution in [2.45, 2.75) is 46.0 Å². The molecule has 0 atom stereocenters. The van der Waals surface area contributed by atoms with Gasteiger partial charge in [0.1, 0.15) is 11.5 Å². The number of nitrogens with zero attached hydrogens (tertiary/aromatic N) is 2. The molecular weight excluding hydrogens is 403 g/mol. The predicted octanol–water partition coefficient (Wildman–Crippen LogP) is 5.16. The van der Waals surface area contributed by atoms with Gasteiger partial charge in [-0.2, -0.15) is 0 Å². The highest BCUT2D eigenvalue weighted by molar-refractivity contribution is 6.04. The Morgan fingerprint density at radius 2 is 1.94 bits per heavy atom. The molecule has 32 heavy (non-hydrogen) atoms. The van der Waals surface area contributed by atoms with Crippen LogP contribution >= 0.6 is 0 Å². The maximum absolute atomic E-state index is 14.7. The highest BCUT2D eigenvalue weighted by Gasteiger charge is 2.40. The van der Waals surface area contributed by atoms with Gasteiger partial charge in [0.05, 0.1) is 11.4 Å². The number of pyridine rings is 2. The number of amides is 1. The number of aryl methyl sites for hydroxylation is 2. The van der Waals surface area contributed by atoms with Crippen LogP contribution < -0.4 is 11.1 Å². The standard InChI is InChI=1S/C26H25FN4O/c1-5-6-22-21(28)11-18(14-29-22)19-13-23(20(27)9-15(19)2)31-25(32)17-10-16(3)30-24(12-17)26(4)7-8-26/h9-14H,7-8,28H2,1-4H3,(H,31,32). The van der Waals surface area contributed by atoms with Gasteiger partial charge in [0.25, 0.3) is 5.91 Å². The van der Waals surface area contributed by atoms with Gasteiger partial charge in [-0.3, -0.25) is 9.78 Å². The normalized spacial score (nSPS) is 13.8. The van der Waals surface area contributed by atoms with Gasteiger partial charge in [-0.25, -0.2) is 9.37 Å². The van der Waals surface area contributed by atoms with E-state index in [2.05, 4.69) is 34.0 Å². The Morgan fingerprint density at radius 1 is 1.19 bits per heavy atom. The lowest BCUT2D eigenvalue weighted by Gasteiger charge is -2.14. The number of nitrogen functional groups attached to an aromatic ring is 1. The summed E-state index contributed by atoms with van der Waals surface area (Å²) in [6.07, 6.45) is 3.76. The number of aromatic nitrogens is 2. The lowest BCUT2D eigenvalue weighted by molar-refractivity contribution is 0.102. The molecule has 3 aromatic rings. The number of carbonyl (C=O) groups is 1. The van der Waals surface area contributed by atoms with E-state index in [0.29, 0.717) is 22.5 Å². The number of anilines is 2. The summed E-state index contributed by atoms with van der Waals surface area (Å²) < 4.78 is 14.7. The number of benzene rings is 1. The van der Waals surface area contributed by atoms with E-state index in [0.717, 1.165) is 35.4 Å². The van der Waals surface area contributed by atoms with Crippen molar-refractivity contribution in [3.05, 3.63) is 70.6 Å². The fourth-order valence-electron chi connectivity index (χ4n) is 3.68. The molecular formula is C26H25FN4O. The van der Waals surface area contributed by atoms with Crippen LogP contribution in [-0.4, -0.2) is 15.9 Å². The number of nitrogens with one attached hydrogen (secondary N) is 1. The molecule has 2 aromatic heterocycles. The minimum absolute atomic E-state index is 0.0323. The first-order chi connectivity index (χ1) is 15.2. The van der Waals surface area contributed by atoms with Crippen molar-refractivity contribution in [3.63, 3.8) is 0 Å². The number of rotatable bonds is 4. The van der Waals surface area contributed by atoms with Crippen LogP contribution in [0, 0.1) is 31.5 Å². The smallest absolute Gasteiger partial charge is 0.255 e. The summed E-state index contributed by atoms with van der Waals surface area (Å²) >= 11 is 0. The summed E-state index contributed by atoms with van der Waals surface area (Å²) in [5, 5.41) is 2.72. The first-order valence-corrected chi connectivity index (χ1v) is 10.5. The van der Waals surface area contributed by atoms with Crippen molar-refractivity contribution >= 4 is 17.3 Å². The maximum atomic E-state index is 14.7. The molecule has 0 bridgehead atoms. The Bertz CT molecular complexity index is 1300. The molecule has 1 amide bonds. The second-order valence-corrected chi connectivity index (χ2v) is 8.58. The van der Waals surface area contributed by atoms with Gasteiger partial charge >= 0.3 is 0 Å². The van der Waals surface area contributed by atoms with E-state index in [1.54, 1.807) is 44.3 Å². The first kappa shape index (κ1) is 21.5. The zero-order valence-electron chi connectivity index (χ0n) is 18.6. The van der Waals surface area contributed by atoms with Crippen LogP contribution in [0.25, 0.3) is 11.1 Å². The van der Waals surface area contributed by atoms with Crippen molar-refractivity contribution in [2.75, 3.05) is 11.1 Å². The van der Waals surface area contributed by atoms with Crippen LogP contribution in [-0.2, 0) is 5.41 Å².